The summed E-state index contributed by atoms with van der Waals surface area (Å²) in [6, 6.07) is 33.7. The molecule has 0 bridgehead atoms. The van der Waals surface area contributed by atoms with Gasteiger partial charge in [0, 0.05) is 34.8 Å². The standard InChI is InChI=1S/C46H46N4O/c1-28-21-29(2)40(30(3)22-28)32-23-31(38-17-13-14-19-47-38)24-33(25-32)41-42-39(18-20-48-41)50(35-15-11-10-12-16-35)44(49-42)36-26-34(45(4,5)6)27-37(43(36)51)46(7,8)9/h10-27,51H,1-9H3. The van der Waals surface area contributed by atoms with Crippen molar-refractivity contribution in [2.24, 2.45) is 0 Å². The quantitative estimate of drug-likeness (QED) is 0.198. The van der Waals surface area contributed by atoms with Crippen LogP contribution in [0.3, 0.4) is 0 Å². The first-order valence-corrected chi connectivity index (χ1v) is 17.7. The number of aryl methyl sites for hydroxylation is 3. The molecule has 4 aromatic carbocycles. The Balaban J connectivity index is 1.56. The number of imidazole rings is 1. The van der Waals surface area contributed by atoms with Gasteiger partial charge in [-0.3, -0.25) is 14.5 Å². The number of aromatic nitrogens is 4. The molecular weight excluding hydrogens is 625 g/mol. The Morgan fingerprint density at radius 1 is 0.627 bits per heavy atom. The highest BCUT2D eigenvalue weighted by atomic mass is 16.3. The lowest BCUT2D eigenvalue weighted by atomic mass is 9.79. The van der Waals surface area contributed by atoms with Gasteiger partial charge in [0.1, 0.15) is 17.1 Å². The maximum Gasteiger partial charge on any atom is 0.149 e. The van der Waals surface area contributed by atoms with E-state index in [1.807, 2.05) is 54.9 Å². The molecule has 7 aromatic rings. The van der Waals surface area contributed by atoms with Gasteiger partial charge in [-0.1, -0.05) is 89.6 Å². The van der Waals surface area contributed by atoms with Crippen molar-refractivity contribution in [2.75, 3.05) is 0 Å². The van der Waals surface area contributed by atoms with Gasteiger partial charge in [0.15, 0.2) is 0 Å². The van der Waals surface area contributed by atoms with Crippen LogP contribution in [0.1, 0.15) is 69.4 Å². The summed E-state index contributed by atoms with van der Waals surface area (Å²) in [5.41, 5.74) is 14.6. The summed E-state index contributed by atoms with van der Waals surface area (Å²) in [5.74, 6) is 0.924. The normalized spacial score (nSPS) is 12.1. The van der Waals surface area contributed by atoms with E-state index >= 15 is 0 Å². The number of hydrogen-bond donors (Lipinski definition) is 1. The fraction of sp³-hybridized carbons (Fsp3) is 0.239. The van der Waals surface area contributed by atoms with Gasteiger partial charge in [0.25, 0.3) is 0 Å². The van der Waals surface area contributed by atoms with Crippen LogP contribution in [0.5, 0.6) is 5.75 Å². The van der Waals surface area contributed by atoms with Crippen LogP contribution in [-0.4, -0.2) is 24.6 Å². The number of aromatic hydroxyl groups is 1. The monoisotopic (exact) mass is 670 g/mol. The van der Waals surface area contributed by atoms with E-state index in [0.717, 1.165) is 55.9 Å². The highest BCUT2D eigenvalue weighted by molar-refractivity contribution is 5.96. The summed E-state index contributed by atoms with van der Waals surface area (Å²) < 4.78 is 2.16. The third kappa shape index (κ3) is 6.33. The zero-order valence-electron chi connectivity index (χ0n) is 31.1. The van der Waals surface area contributed by atoms with Crippen molar-refractivity contribution < 1.29 is 5.11 Å². The Hall–Kier alpha value is -5.55. The SMILES string of the molecule is Cc1cc(C)c(-c2cc(-c3ccccn3)cc(-c3nccc4c3nc(-c3cc(C(C)(C)C)cc(C(C)(C)C)c3O)n4-c3ccccc3)c2)c(C)c1. The number of fused-ring (bicyclic) bond motifs is 1. The van der Waals surface area contributed by atoms with Crippen molar-refractivity contribution in [2.45, 2.75) is 73.1 Å². The molecule has 3 aromatic heterocycles. The molecule has 0 atom stereocenters. The van der Waals surface area contributed by atoms with Crippen molar-refractivity contribution in [1.29, 1.82) is 0 Å². The zero-order valence-corrected chi connectivity index (χ0v) is 31.1. The van der Waals surface area contributed by atoms with Gasteiger partial charge < -0.3 is 5.11 Å². The number of phenols is 1. The number of hydrogen-bond acceptors (Lipinski definition) is 4. The Labute approximate surface area is 301 Å². The summed E-state index contributed by atoms with van der Waals surface area (Å²) in [5, 5.41) is 12.1. The summed E-state index contributed by atoms with van der Waals surface area (Å²) in [6.45, 7) is 19.6. The van der Waals surface area contributed by atoms with Crippen molar-refractivity contribution in [3.8, 4) is 56.5 Å². The van der Waals surface area contributed by atoms with Gasteiger partial charge in [-0.15, -0.1) is 0 Å². The summed E-state index contributed by atoms with van der Waals surface area (Å²) >= 11 is 0. The second-order valence-electron chi connectivity index (χ2n) is 15.8. The average Bonchev–Trinajstić information content (AvgIpc) is 3.47. The van der Waals surface area contributed by atoms with Crippen LogP contribution in [0.25, 0.3) is 61.8 Å². The first-order chi connectivity index (χ1) is 24.2. The van der Waals surface area contributed by atoms with E-state index in [9.17, 15) is 5.11 Å². The van der Waals surface area contributed by atoms with Gasteiger partial charge in [-0.05, 0) is 114 Å². The van der Waals surface area contributed by atoms with Crippen molar-refractivity contribution in [3.63, 3.8) is 0 Å². The number of phenolic OH excluding ortho intramolecular Hbond substituents is 1. The third-order valence-electron chi connectivity index (χ3n) is 9.75. The largest absolute Gasteiger partial charge is 0.507 e. The highest BCUT2D eigenvalue weighted by Crippen LogP contribution is 2.44. The van der Waals surface area contributed by atoms with E-state index in [-0.39, 0.29) is 16.6 Å². The number of benzene rings is 4. The van der Waals surface area contributed by atoms with Crippen LogP contribution in [0.15, 0.2) is 109 Å². The molecular formula is C46H46N4O. The predicted molar refractivity (Wildman–Crippen MR) is 212 cm³/mol. The minimum absolute atomic E-state index is 0.146. The molecule has 0 aliphatic carbocycles. The van der Waals surface area contributed by atoms with Crippen molar-refractivity contribution in [3.05, 3.63) is 137 Å². The molecule has 51 heavy (non-hydrogen) atoms. The molecule has 5 heteroatoms. The lowest BCUT2D eigenvalue weighted by Crippen LogP contribution is -2.17. The number of para-hydroxylation sites is 1. The van der Waals surface area contributed by atoms with E-state index in [1.54, 1.807) is 0 Å². The van der Waals surface area contributed by atoms with Crippen LogP contribution >= 0.6 is 0 Å². The number of nitrogens with zero attached hydrogens (tertiary/aromatic N) is 4. The average molecular weight is 671 g/mol. The molecule has 0 aliphatic heterocycles. The Morgan fingerprint density at radius 3 is 1.94 bits per heavy atom. The molecule has 1 N–H and O–H groups in total. The summed E-state index contributed by atoms with van der Waals surface area (Å²) in [4.78, 5) is 15.2. The van der Waals surface area contributed by atoms with E-state index in [2.05, 4.69) is 121 Å². The molecule has 0 fully saturated rings. The Bertz CT molecular complexity index is 2390. The lowest BCUT2D eigenvalue weighted by molar-refractivity contribution is 0.446. The molecule has 0 unspecified atom stereocenters. The maximum atomic E-state index is 12.1. The first-order valence-electron chi connectivity index (χ1n) is 17.7. The third-order valence-corrected chi connectivity index (χ3v) is 9.75. The zero-order chi connectivity index (χ0) is 36.2. The number of rotatable bonds is 5. The molecule has 256 valence electrons. The van der Waals surface area contributed by atoms with Gasteiger partial charge in [-0.25, -0.2) is 4.98 Å². The fourth-order valence-corrected chi connectivity index (χ4v) is 7.27. The van der Waals surface area contributed by atoms with Crippen molar-refractivity contribution >= 4 is 11.0 Å². The summed E-state index contributed by atoms with van der Waals surface area (Å²) in [7, 11) is 0. The molecule has 5 nitrogen and oxygen atoms in total. The fourth-order valence-electron chi connectivity index (χ4n) is 7.27. The van der Waals surface area contributed by atoms with E-state index in [0.29, 0.717) is 11.4 Å². The molecule has 0 radical (unpaired) electrons. The molecule has 0 saturated carbocycles. The smallest absolute Gasteiger partial charge is 0.149 e. The van der Waals surface area contributed by atoms with Crippen molar-refractivity contribution in [1.82, 2.24) is 19.5 Å². The molecule has 7 rings (SSSR count). The van der Waals surface area contributed by atoms with Gasteiger partial charge in [-0.2, -0.15) is 0 Å². The van der Waals surface area contributed by atoms with Crippen LogP contribution < -0.4 is 0 Å². The topological polar surface area (TPSA) is 63.8 Å². The maximum absolute atomic E-state index is 12.1. The van der Waals surface area contributed by atoms with E-state index in [1.165, 1.54) is 22.3 Å². The van der Waals surface area contributed by atoms with Crippen LogP contribution in [0.4, 0.5) is 0 Å². The first kappa shape index (κ1) is 33.9. The molecule has 0 amide bonds. The van der Waals surface area contributed by atoms with Gasteiger partial charge >= 0.3 is 0 Å². The number of pyridine rings is 2. The van der Waals surface area contributed by atoms with E-state index in [4.69, 9.17) is 15.0 Å². The van der Waals surface area contributed by atoms with Gasteiger partial charge in [0.2, 0.25) is 0 Å². The second kappa shape index (κ2) is 12.6. The molecule has 0 saturated heterocycles. The molecule has 0 aliphatic rings. The highest BCUT2D eigenvalue weighted by Gasteiger charge is 2.29. The van der Waals surface area contributed by atoms with Gasteiger partial charge in [0.05, 0.1) is 22.5 Å². The second-order valence-corrected chi connectivity index (χ2v) is 15.8. The Kier molecular flexibility index (Phi) is 8.41. The molecule has 0 spiro atoms. The predicted octanol–water partition coefficient (Wildman–Crippen LogP) is 11.7. The lowest BCUT2D eigenvalue weighted by Gasteiger charge is -2.27. The summed E-state index contributed by atoms with van der Waals surface area (Å²) in [6.07, 6.45) is 3.70. The molecule has 3 heterocycles. The van der Waals surface area contributed by atoms with Crippen LogP contribution in [0.2, 0.25) is 0 Å². The minimum atomic E-state index is -0.287. The van der Waals surface area contributed by atoms with E-state index < -0.39 is 0 Å². The van der Waals surface area contributed by atoms with Crippen LogP contribution in [-0.2, 0) is 10.8 Å². The Morgan fingerprint density at radius 2 is 1.29 bits per heavy atom. The minimum Gasteiger partial charge on any atom is -0.507 e. The van der Waals surface area contributed by atoms with Crippen LogP contribution in [0, 0.1) is 20.8 Å².